The van der Waals surface area contributed by atoms with E-state index in [0.717, 1.165) is 12.2 Å². The van der Waals surface area contributed by atoms with Gasteiger partial charge in [-0.05, 0) is 12.5 Å². The summed E-state index contributed by atoms with van der Waals surface area (Å²) < 4.78 is 21.4. The summed E-state index contributed by atoms with van der Waals surface area (Å²) in [4.78, 5) is 17.6. The Morgan fingerprint density at radius 1 is 0.815 bits per heavy atom. The molecular formula is C21H43O5P. The van der Waals surface area contributed by atoms with Crippen LogP contribution in [-0.2, 0) is 14.0 Å². The molecule has 0 aliphatic heterocycles. The van der Waals surface area contributed by atoms with E-state index < -0.39 is 13.7 Å². The van der Waals surface area contributed by atoms with Gasteiger partial charge in [-0.1, -0.05) is 90.4 Å². The van der Waals surface area contributed by atoms with Crippen LogP contribution in [0.1, 0.15) is 96.8 Å². The van der Waals surface area contributed by atoms with Crippen molar-refractivity contribution in [2.24, 2.45) is 0 Å². The van der Waals surface area contributed by atoms with Gasteiger partial charge in [0.05, 0.1) is 12.7 Å². The second kappa shape index (κ2) is 19.1. The number of methoxy groups -OCH3 is 1. The normalized spacial score (nSPS) is 13.5. The maximum atomic E-state index is 10.8. The van der Waals surface area contributed by atoms with E-state index in [0.29, 0.717) is 13.2 Å². The zero-order valence-corrected chi connectivity index (χ0v) is 18.5. The van der Waals surface area contributed by atoms with Crippen molar-refractivity contribution in [3.63, 3.8) is 0 Å². The van der Waals surface area contributed by atoms with Crippen LogP contribution in [0.4, 0.5) is 0 Å². The van der Waals surface area contributed by atoms with Crippen molar-refractivity contribution in [1.82, 2.24) is 0 Å². The van der Waals surface area contributed by atoms with Crippen molar-refractivity contribution >= 4 is 7.60 Å². The van der Waals surface area contributed by atoms with E-state index in [2.05, 4.69) is 6.92 Å². The number of ether oxygens (including phenoxy) is 2. The fourth-order valence-electron chi connectivity index (χ4n) is 3.01. The Kier molecular flexibility index (Phi) is 19.0. The van der Waals surface area contributed by atoms with Crippen molar-refractivity contribution in [2.45, 2.75) is 103 Å². The van der Waals surface area contributed by atoms with Gasteiger partial charge in [-0.25, -0.2) is 0 Å². The Balaban J connectivity index is 3.31. The van der Waals surface area contributed by atoms with Crippen LogP contribution in [0.5, 0.6) is 0 Å². The van der Waals surface area contributed by atoms with Gasteiger partial charge in [-0.15, -0.1) is 0 Å². The summed E-state index contributed by atoms with van der Waals surface area (Å²) in [6.45, 7) is 3.26. The molecule has 0 rings (SSSR count). The molecule has 0 saturated heterocycles. The predicted octanol–water partition coefficient (Wildman–Crippen LogP) is 6.19. The lowest BCUT2D eigenvalue weighted by Crippen LogP contribution is -2.16. The van der Waals surface area contributed by atoms with Crippen molar-refractivity contribution in [2.75, 3.05) is 20.3 Å². The van der Waals surface area contributed by atoms with Gasteiger partial charge < -0.3 is 19.3 Å². The molecule has 162 valence electrons. The van der Waals surface area contributed by atoms with Crippen LogP contribution in [0.15, 0.2) is 11.9 Å². The minimum absolute atomic E-state index is 0.325. The first-order chi connectivity index (χ1) is 13.0. The maximum Gasteiger partial charge on any atom is 0.348 e. The Hall–Kier alpha value is -0.190. The topological polar surface area (TPSA) is 76.0 Å². The largest absolute Gasteiger partial charge is 0.378 e. The molecular weight excluding hydrogens is 363 g/mol. The van der Waals surface area contributed by atoms with E-state index >= 15 is 0 Å². The molecule has 0 heterocycles. The molecule has 0 aromatic heterocycles. The quantitative estimate of drug-likeness (QED) is 0.186. The highest BCUT2D eigenvalue weighted by atomic mass is 31.2. The molecule has 0 aromatic carbocycles. The molecule has 0 aliphatic rings. The first-order valence-corrected chi connectivity index (χ1v) is 12.5. The highest BCUT2D eigenvalue weighted by Gasteiger charge is 2.09. The van der Waals surface area contributed by atoms with Crippen LogP contribution >= 0.6 is 7.60 Å². The molecule has 1 atom stereocenters. The second-order valence-electron chi connectivity index (χ2n) is 7.38. The van der Waals surface area contributed by atoms with Crippen LogP contribution in [0, 0.1) is 0 Å². The number of rotatable bonds is 20. The van der Waals surface area contributed by atoms with E-state index in [4.69, 9.17) is 19.3 Å². The Labute approximate surface area is 167 Å². The lowest BCUT2D eigenvalue weighted by Gasteiger charge is -2.11. The summed E-state index contributed by atoms with van der Waals surface area (Å²) in [5.41, 5.74) is 0. The highest BCUT2D eigenvalue weighted by Crippen LogP contribution is 2.36. The summed E-state index contributed by atoms with van der Waals surface area (Å²) in [7, 11) is -2.62. The zero-order valence-electron chi connectivity index (χ0n) is 17.6. The summed E-state index contributed by atoms with van der Waals surface area (Å²) in [6.07, 6.45) is 19.6. The molecule has 5 nitrogen and oxygen atoms in total. The van der Waals surface area contributed by atoms with Gasteiger partial charge in [-0.2, -0.15) is 0 Å². The third kappa shape index (κ3) is 22.0. The summed E-state index contributed by atoms with van der Waals surface area (Å²) in [5, 5.41) is 0. The van der Waals surface area contributed by atoms with Gasteiger partial charge in [0, 0.05) is 19.5 Å². The van der Waals surface area contributed by atoms with Crippen molar-refractivity contribution in [3.05, 3.63) is 11.9 Å². The molecule has 0 aliphatic carbocycles. The van der Waals surface area contributed by atoms with E-state index in [1.54, 1.807) is 0 Å². The number of hydrogen-bond acceptors (Lipinski definition) is 3. The van der Waals surface area contributed by atoms with Crippen LogP contribution in [0.25, 0.3) is 0 Å². The molecule has 0 amide bonds. The first kappa shape index (κ1) is 26.8. The summed E-state index contributed by atoms with van der Waals surface area (Å²) in [5.74, 6) is 0.872. The molecule has 2 N–H and O–H groups in total. The molecule has 0 aromatic rings. The Morgan fingerprint density at radius 2 is 1.26 bits per heavy atom. The predicted molar refractivity (Wildman–Crippen MR) is 113 cm³/mol. The third-order valence-corrected chi connectivity index (χ3v) is 5.28. The third-order valence-electron chi connectivity index (χ3n) is 4.72. The molecule has 27 heavy (non-hydrogen) atoms. The van der Waals surface area contributed by atoms with E-state index in [1.165, 1.54) is 96.7 Å². The minimum atomic E-state index is -4.12. The van der Waals surface area contributed by atoms with E-state index in [-0.39, 0.29) is 0 Å². The molecule has 0 fully saturated rings. The standard InChI is InChI=1S/C21H43O5P/c1-3-4-5-6-7-8-9-10-11-12-13-14-15-16-18-26-20-21(25-2)17-19-27(22,23)24/h17,19,21H,3-16,18,20H2,1-2H3,(H2,22,23,24)/t21-/m0/s1. The van der Waals surface area contributed by atoms with Crippen molar-refractivity contribution in [3.8, 4) is 0 Å². The molecule has 0 spiro atoms. The first-order valence-electron chi connectivity index (χ1n) is 10.8. The number of unbranched alkanes of at least 4 members (excludes halogenated alkanes) is 13. The van der Waals surface area contributed by atoms with Crippen LogP contribution in [0.3, 0.4) is 0 Å². The van der Waals surface area contributed by atoms with Gasteiger partial charge >= 0.3 is 7.60 Å². The highest BCUT2D eigenvalue weighted by molar-refractivity contribution is 7.55. The lowest BCUT2D eigenvalue weighted by atomic mass is 10.0. The average molecular weight is 407 g/mol. The van der Waals surface area contributed by atoms with Gasteiger partial charge in [-0.3, -0.25) is 4.57 Å². The van der Waals surface area contributed by atoms with Gasteiger partial charge in [0.25, 0.3) is 0 Å². The van der Waals surface area contributed by atoms with E-state index in [9.17, 15) is 4.57 Å². The molecule has 0 radical (unpaired) electrons. The van der Waals surface area contributed by atoms with Crippen molar-refractivity contribution < 1.29 is 23.8 Å². The fourth-order valence-corrected chi connectivity index (χ4v) is 3.42. The summed E-state index contributed by atoms with van der Waals surface area (Å²) in [6, 6.07) is 0. The van der Waals surface area contributed by atoms with Crippen molar-refractivity contribution in [1.29, 1.82) is 0 Å². The molecule has 0 bridgehead atoms. The molecule has 0 saturated carbocycles. The SMILES string of the molecule is CCCCCCCCCCCCCCCCOC[C@H](C=CP(=O)(O)O)OC. The lowest BCUT2D eigenvalue weighted by molar-refractivity contribution is 0.0318. The summed E-state index contributed by atoms with van der Waals surface area (Å²) >= 11 is 0. The monoisotopic (exact) mass is 406 g/mol. The average Bonchev–Trinajstić information content (AvgIpc) is 2.63. The second-order valence-corrected chi connectivity index (χ2v) is 8.85. The zero-order chi connectivity index (χ0) is 20.2. The van der Waals surface area contributed by atoms with E-state index in [1.807, 2.05) is 0 Å². The van der Waals surface area contributed by atoms with Crippen LogP contribution in [-0.4, -0.2) is 36.2 Å². The minimum Gasteiger partial charge on any atom is -0.378 e. The van der Waals surface area contributed by atoms with Gasteiger partial charge in [0.2, 0.25) is 0 Å². The van der Waals surface area contributed by atoms with Gasteiger partial charge in [0.1, 0.15) is 0 Å². The maximum absolute atomic E-state index is 10.8. The Bertz CT molecular complexity index is 381. The Morgan fingerprint density at radius 3 is 1.67 bits per heavy atom. The van der Waals surface area contributed by atoms with Crippen LogP contribution in [0.2, 0.25) is 0 Å². The van der Waals surface area contributed by atoms with Gasteiger partial charge in [0.15, 0.2) is 0 Å². The molecule has 6 heteroatoms. The molecule has 0 unspecified atom stereocenters. The fraction of sp³-hybridized carbons (Fsp3) is 0.905. The van der Waals surface area contributed by atoms with Crippen LogP contribution < -0.4 is 0 Å². The number of hydrogen-bond donors (Lipinski definition) is 2. The smallest absolute Gasteiger partial charge is 0.348 e.